The van der Waals surface area contributed by atoms with Crippen LogP contribution in [0.25, 0.3) is 0 Å². The van der Waals surface area contributed by atoms with E-state index in [2.05, 4.69) is 41.5 Å². The van der Waals surface area contributed by atoms with Crippen molar-refractivity contribution in [3.8, 4) is 0 Å². The summed E-state index contributed by atoms with van der Waals surface area (Å²) in [4.78, 5) is 0. The lowest BCUT2D eigenvalue weighted by atomic mass is 9.56. The Morgan fingerprint density at radius 1 is 1.08 bits per heavy atom. The predicted octanol–water partition coefficient (Wildman–Crippen LogP) is 4.35. The number of hydrogen-bond donors (Lipinski definition) is 0. The molecule has 1 rings (SSSR count). The summed E-state index contributed by atoms with van der Waals surface area (Å²) in [6, 6.07) is 0. The van der Waals surface area contributed by atoms with Crippen LogP contribution >= 0.6 is 0 Å². The van der Waals surface area contributed by atoms with E-state index in [1.165, 1.54) is 12.8 Å². The van der Waals surface area contributed by atoms with Gasteiger partial charge in [-0.25, -0.2) is 0 Å². The highest BCUT2D eigenvalue weighted by Crippen LogP contribution is 2.50. The third-order valence-corrected chi connectivity index (χ3v) is 4.72. The van der Waals surface area contributed by atoms with Gasteiger partial charge in [0.1, 0.15) is 0 Å². The van der Waals surface area contributed by atoms with Crippen LogP contribution < -0.4 is 0 Å². The summed E-state index contributed by atoms with van der Waals surface area (Å²) >= 11 is 0. The second kappa shape index (κ2) is 3.63. The highest BCUT2D eigenvalue weighted by Gasteiger charge is 2.41. The molecule has 0 aromatic rings. The van der Waals surface area contributed by atoms with Crippen molar-refractivity contribution in [1.29, 1.82) is 0 Å². The molecule has 1 saturated carbocycles. The van der Waals surface area contributed by atoms with Crippen molar-refractivity contribution in [1.82, 2.24) is 0 Å². The standard InChI is InChI=1S/C13H26/c1-9(2)12-8-7-10(3)11(4)13(12,5)6/h9-12H,7-8H2,1-6H3. The quantitative estimate of drug-likeness (QED) is 0.565. The molecular weight excluding hydrogens is 156 g/mol. The summed E-state index contributed by atoms with van der Waals surface area (Å²) in [6.07, 6.45) is 2.88. The molecule has 0 aromatic carbocycles. The zero-order valence-corrected chi connectivity index (χ0v) is 10.2. The summed E-state index contributed by atoms with van der Waals surface area (Å²) in [6.45, 7) is 14.6. The fourth-order valence-electron chi connectivity index (χ4n) is 3.33. The van der Waals surface area contributed by atoms with E-state index in [9.17, 15) is 0 Å². The summed E-state index contributed by atoms with van der Waals surface area (Å²) in [5.41, 5.74) is 0.547. The first kappa shape index (κ1) is 11.1. The van der Waals surface area contributed by atoms with Crippen molar-refractivity contribution in [2.75, 3.05) is 0 Å². The SMILES string of the molecule is CC(C)C1CCC(C)C(C)C1(C)C. The van der Waals surface area contributed by atoms with E-state index in [0.29, 0.717) is 5.41 Å². The van der Waals surface area contributed by atoms with Crippen LogP contribution in [0.4, 0.5) is 0 Å². The van der Waals surface area contributed by atoms with Crippen LogP contribution in [0.5, 0.6) is 0 Å². The highest BCUT2D eigenvalue weighted by atomic mass is 14.5. The van der Waals surface area contributed by atoms with Gasteiger partial charge in [0.2, 0.25) is 0 Å². The third-order valence-electron chi connectivity index (χ3n) is 4.72. The second-order valence-corrected chi connectivity index (χ2v) is 6.02. The van der Waals surface area contributed by atoms with Gasteiger partial charge in [0, 0.05) is 0 Å². The van der Waals surface area contributed by atoms with E-state index >= 15 is 0 Å². The second-order valence-electron chi connectivity index (χ2n) is 6.02. The Hall–Kier alpha value is 0. The van der Waals surface area contributed by atoms with Crippen molar-refractivity contribution in [3.05, 3.63) is 0 Å². The zero-order chi connectivity index (χ0) is 10.2. The van der Waals surface area contributed by atoms with Crippen LogP contribution in [0, 0.1) is 29.1 Å². The normalized spacial score (nSPS) is 39.5. The molecule has 0 nitrogen and oxygen atoms in total. The lowest BCUT2D eigenvalue weighted by Crippen LogP contribution is -2.41. The monoisotopic (exact) mass is 182 g/mol. The molecule has 1 aliphatic rings. The molecule has 0 heteroatoms. The molecule has 1 aliphatic carbocycles. The molecule has 3 unspecified atom stereocenters. The van der Waals surface area contributed by atoms with Gasteiger partial charge in [-0.05, 0) is 35.5 Å². The van der Waals surface area contributed by atoms with Gasteiger partial charge in [-0.3, -0.25) is 0 Å². The van der Waals surface area contributed by atoms with Crippen molar-refractivity contribution in [3.63, 3.8) is 0 Å². The maximum Gasteiger partial charge on any atom is -0.0295 e. The van der Waals surface area contributed by atoms with Gasteiger partial charge in [-0.2, -0.15) is 0 Å². The van der Waals surface area contributed by atoms with E-state index in [1.54, 1.807) is 0 Å². The summed E-state index contributed by atoms with van der Waals surface area (Å²) in [7, 11) is 0. The Morgan fingerprint density at radius 2 is 1.62 bits per heavy atom. The average Bonchev–Trinajstić information content (AvgIpc) is 1.99. The smallest absolute Gasteiger partial charge is 0.0295 e. The van der Waals surface area contributed by atoms with Gasteiger partial charge >= 0.3 is 0 Å². The number of hydrogen-bond acceptors (Lipinski definition) is 0. The summed E-state index contributed by atoms with van der Waals surface area (Å²) in [5.74, 6) is 3.59. The summed E-state index contributed by atoms with van der Waals surface area (Å²) < 4.78 is 0. The largest absolute Gasteiger partial charge is 0.0625 e. The van der Waals surface area contributed by atoms with Gasteiger partial charge in [-0.1, -0.05) is 48.0 Å². The first-order chi connectivity index (χ1) is 5.87. The molecule has 13 heavy (non-hydrogen) atoms. The van der Waals surface area contributed by atoms with Gasteiger partial charge in [-0.15, -0.1) is 0 Å². The average molecular weight is 182 g/mol. The lowest BCUT2D eigenvalue weighted by molar-refractivity contribution is 0.00496. The van der Waals surface area contributed by atoms with Crippen LogP contribution in [-0.4, -0.2) is 0 Å². The van der Waals surface area contributed by atoms with Crippen LogP contribution in [0.3, 0.4) is 0 Å². The molecule has 0 heterocycles. The third kappa shape index (κ3) is 1.92. The van der Waals surface area contributed by atoms with E-state index in [0.717, 1.165) is 23.7 Å². The lowest BCUT2D eigenvalue weighted by Gasteiger charge is -2.49. The molecule has 0 N–H and O–H groups in total. The molecule has 3 atom stereocenters. The van der Waals surface area contributed by atoms with Gasteiger partial charge in [0.25, 0.3) is 0 Å². The molecular formula is C13H26. The van der Waals surface area contributed by atoms with Crippen LogP contribution in [0.2, 0.25) is 0 Å². The Bertz CT molecular complexity index is 167. The minimum absolute atomic E-state index is 0.547. The molecule has 0 bridgehead atoms. The van der Waals surface area contributed by atoms with Crippen LogP contribution in [0.15, 0.2) is 0 Å². The van der Waals surface area contributed by atoms with Crippen molar-refractivity contribution in [2.24, 2.45) is 29.1 Å². The minimum atomic E-state index is 0.547. The van der Waals surface area contributed by atoms with Crippen molar-refractivity contribution >= 4 is 0 Å². The van der Waals surface area contributed by atoms with E-state index in [-0.39, 0.29) is 0 Å². The Labute approximate surface area is 84.1 Å². The Morgan fingerprint density at radius 3 is 2.08 bits per heavy atom. The zero-order valence-electron chi connectivity index (χ0n) is 10.2. The van der Waals surface area contributed by atoms with E-state index in [1.807, 2.05) is 0 Å². The Balaban J connectivity index is 2.79. The topological polar surface area (TPSA) is 0 Å². The van der Waals surface area contributed by atoms with Gasteiger partial charge < -0.3 is 0 Å². The predicted molar refractivity (Wildman–Crippen MR) is 59.7 cm³/mol. The molecule has 0 amide bonds. The van der Waals surface area contributed by atoms with Crippen molar-refractivity contribution < 1.29 is 0 Å². The van der Waals surface area contributed by atoms with Gasteiger partial charge in [0.05, 0.1) is 0 Å². The van der Waals surface area contributed by atoms with Crippen molar-refractivity contribution in [2.45, 2.75) is 54.4 Å². The maximum atomic E-state index is 2.47. The molecule has 1 fully saturated rings. The molecule has 0 spiro atoms. The highest BCUT2D eigenvalue weighted by molar-refractivity contribution is 4.91. The molecule has 0 saturated heterocycles. The Kier molecular flexibility index (Phi) is 3.09. The maximum absolute atomic E-state index is 2.47. The summed E-state index contributed by atoms with van der Waals surface area (Å²) in [5, 5.41) is 0. The molecule has 0 aromatic heterocycles. The molecule has 0 aliphatic heterocycles. The van der Waals surface area contributed by atoms with Crippen LogP contribution in [-0.2, 0) is 0 Å². The van der Waals surface area contributed by atoms with E-state index < -0.39 is 0 Å². The first-order valence-corrected chi connectivity index (χ1v) is 5.87. The van der Waals surface area contributed by atoms with Gasteiger partial charge in [0.15, 0.2) is 0 Å². The molecule has 78 valence electrons. The minimum Gasteiger partial charge on any atom is -0.0625 e. The fourth-order valence-corrected chi connectivity index (χ4v) is 3.33. The van der Waals surface area contributed by atoms with Crippen LogP contribution in [0.1, 0.15) is 54.4 Å². The molecule has 0 radical (unpaired) electrons. The number of rotatable bonds is 1. The fraction of sp³-hybridized carbons (Fsp3) is 1.00. The first-order valence-electron chi connectivity index (χ1n) is 5.87. The van der Waals surface area contributed by atoms with E-state index in [4.69, 9.17) is 0 Å².